The minimum absolute atomic E-state index is 0.0247. The van der Waals surface area contributed by atoms with Gasteiger partial charge in [-0.2, -0.15) is 0 Å². The second-order valence-corrected chi connectivity index (χ2v) is 8.02. The molecule has 0 aromatic heterocycles. The van der Waals surface area contributed by atoms with Crippen molar-refractivity contribution in [2.45, 2.75) is 64.8 Å². The summed E-state index contributed by atoms with van der Waals surface area (Å²) in [6, 6.07) is 1.43. The highest BCUT2D eigenvalue weighted by molar-refractivity contribution is 6.33. The molecule has 27 heavy (non-hydrogen) atoms. The molecule has 2 aliphatic rings. The second kappa shape index (κ2) is 8.03. The lowest BCUT2D eigenvalue weighted by molar-refractivity contribution is -0.114. The summed E-state index contributed by atoms with van der Waals surface area (Å²) in [6.07, 6.45) is 5.34. The number of phenolic OH excluding ortho intramolecular Hbond substituents is 1. The predicted octanol–water partition coefficient (Wildman–Crippen LogP) is 4.15. The number of ketones is 1. The van der Waals surface area contributed by atoms with E-state index in [2.05, 4.69) is 0 Å². The van der Waals surface area contributed by atoms with Crippen molar-refractivity contribution in [3.63, 3.8) is 0 Å². The number of carbonyl (C=O) groups is 2. The standard InChI is InChI=1S/C21H25ClO5/c1-11(2)17-10-18-16(26-18)7-5-4-6-13(23)9-14-19(21(25)27-17)15(24)8-12(3)20(14)22/h4,6,8,11,16-18,24H,5,7,9-10H2,1-3H3/b6-4+/t16-,17+,18+/m1/s1. The number of benzene rings is 1. The van der Waals surface area contributed by atoms with E-state index < -0.39 is 5.97 Å². The van der Waals surface area contributed by atoms with E-state index in [4.69, 9.17) is 21.1 Å². The van der Waals surface area contributed by atoms with E-state index in [1.54, 1.807) is 6.92 Å². The fourth-order valence-corrected chi connectivity index (χ4v) is 3.68. The van der Waals surface area contributed by atoms with Crippen LogP contribution < -0.4 is 0 Å². The zero-order valence-electron chi connectivity index (χ0n) is 15.8. The van der Waals surface area contributed by atoms with Crippen LogP contribution in [0.25, 0.3) is 0 Å². The molecule has 1 saturated heterocycles. The van der Waals surface area contributed by atoms with Gasteiger partial charge in [-0.25, -0.2) is 4.79 Å². The highest BCUT2D eigenvalue weighted by Gasteiger charge is 2.41. The number of phenols is 1. The van der Waals surface area contributed by atoms with E-state index in [0.717, 1.165) is 12.8 Å². The Morgan fingerprint density at radius 3 is 2.70 bits per heavy atom. The molecule has 3 atom stereocenters. The maximum Gasteiger partial charge on any atom is 0.342 e. The lowest BCUT2D eigenvalue weighted by Crippen LogP contribution is -2.27. The summed E-state index contributed by atoms with van der Waals surface area (Å²) in [7, 11) is 0. The van der Waals surface area contributed by atoms with Crippen LogP contribution in [0.15, 0.2) is 18.2 Å². The van der Waals surface area contributed by atoms with Crippen molar-refractivity contribution in [3.05, 3.63) is 39.9 Å². The SMILES string of the molecule is Cc1cc(O)c2c(c1Cl)CC(=O)/C=C/CC[C@H]1O[C@H]1C[C@@H](C(C)C)OC2=O. The van der Waals surface area contributed by atoms with Gasteiger partial charge in [0.05, 0.1) is 12.2 Å². The number of cyclic esters (lactones) is 1. The summed E-state index contributed by atoms with van der Waals surface area (Å²) in [5.74, 6) is -0.959. The van der Waals surface area contributed by atoms with E-state index in [1.807, 2.05) is 19.9 Å². The molecule has 6 heteroatoms. The highest BCUT2D eigenvalue weighted by Crippen LogP contribution is 2.36. The Bertz CT molecular complexity index is 783. The fourth-order valence-electron chi connectivity index (χ4n) is 3.47. The van der Waals surface area contributed by atoms with Crippen LogP contribution in [0, 0.1) is 12.8 Å². The van der Waals surface area contributed by atoms with Gasteiger partial charge in [0, 0.05) is 17.9 Å². The summed E-state index contributed by atoms with van der Waals surface area (Å²) in [5, 5.41) is 10.7. The minimum Gasteiger partial charge on any atom is -0.507 e. The molecule has 1 fully saturated rings. The molecule has 0 radical (unpaired) electrons. The van der Waals surface area contributed by atoms with Crippen molar-refractivity contribution in [1.29, 1.82) is 0 Å². The molecule has 0 aliphatic carbocycles. The molecule has 0 unspecified atom stereocenters. The average molecular weight is 393 g/mol. The smallest absolute Gasteiger partial charge is 0.342 e. The van der Waals surface area contributed by atoms with Crippen molar-refractivity contribution < 1.29 is 24.2 Å². The number of hydrogen-bond donors (Lipinski definition) is 1. The molecule has 0 spiro atoms. The summed E-state index contributed by atoms with van der Waals surface area (Å²) in [6.45, 7) is 5.68. The first kappa shape index (κ1) is 19.9. The normalized spacial score (nSPS) is 27.4. The summed E-state index contributed by atoms with van der Waals surface area (Å²) in [4.78, 5) is 25.2. The Morgan fingerprint density at radius 2 is 2.00 bits per heavy atom. The van der Waals surface area contributed by atoms with E-state index in [0.29, 0.717) is 22.6 Å². The number of carbonyl (C=O) groups excluding carboxylic acids is 2. The van der Waals surface area contributed by atoms with Crippen LogP contribution in [0.2, 0.25) is 5.02 Å². The predicted molar refractivity (Wildman–Crippen MR) is 102 cm³/mol. The third kappa shape index (κ3) is 4.53. The fraction of sp³-hybridized carbons (Fsp3) is 0.524. The van der Waals surface area contributed by atoms with E-state index in [-0.39, 0.29) is 47.7 Å². The molecule has 5 nitrogen and oxygen atoms in total. The van der Waals surface area contributed by atoms with Crippen LogP contribution in [0.5, 0.6) is 5.75 Å². The number of ether oxygens (including phenoxy) is 2. The van der Waals surface area contributed by atoms with Crippen LogP contribution in [0.1, 0.15) is 54.6 Å². The van der Waals surface area contributed by atoms with Gasteiger partial charge < -0.3 is 14.6 Å². The molecule has 2 heterocycles. The number of rotatable bonds is 1. The van der Waals surface area contributed by atoms with Gasteiger partial charge in [-0.1, -0.05) is 31.5 Å². The first-order chi connectivity index (χ1) is 12.8. The molecule has 2 aliphatic heterocycles. The molecular formula is C21H25ClO5. The van der Waals surface area contributed by atoms with Gasteiger partial charge in [0.25, 0.3) is 0 Å². The second-order valence-electron chi connectivity index (χ2n) is 7.64. The van der Waals surface area contributed by atoms with Gasteiger partial charge >= 0.3 is 5.97 Å². The number of fused-ring (bicyclic) bond motifs is 2. The van der Waals surface area contributed by atoms with Gasteiger partial charge in [-0.3, -0.25) is 4.79 Å². The minimum atomic E-state index is -0.658. The molecule has 1 aromatic rings. The topological polar surface area (TPSA) is 76.1 Å². The van der Waals surface area contributed by atoms with Gasteiger partial charge in [-0.15, -0.1) is 0 Å². The summed E-state index contributed by atoms with van der Waals surface area (Å²) < 4.78 is 11.4. The Balaban J connectivity index is 2.00. The molecule has 1 aromatic carbocycles. The molecule has 146 valence electrons. The summed E-state index contributed by atoms with van der Waals surface area (Å²) >= 11 is 6.38. The third-order valence-electron chi connectivity index (χ3n) is 5.15. The van der Waals surface area contributed by atoms with Crippen LogP contribution in [0.4, 0.5) is 0 Å². The number of esters is 1. The molecular weight excluding hydrogens is 368 g/mol. The molecule has 0 bridgehead atoms. The number of allylic oxidation sites excluding steroid dienone is 2. The maximum atomic E-state index is 12.9. The Hall–Kier alpha value is -1.85. The molecule has 1 N–H and O–H groups in total. The highest BCUT2D eigenvalue weighted by atomic mass is 35.5. The zero-order chi connectivity index (χ0) is 19.7. The average Bonchev–Trinajstić information content (AvgIpc) is 3.33. The third-order valence-corrected chi connectivity index (χ3v) is 5.68. The lowest BCUT2D eigenvalue weighted by Gasteiger charge is -2.22. The van der Waals surface area contributed by atoms with Gasteiger partial charge in [0.1, 0.15) is 17.4 Å². The van der Waals surface area contributed by atoms with Crippen molar-refractivity contribution in [3.8, 4) is 5.75 Å². The first-order valence-corrected chi connectivity index (χ1v) is 9.72. The van der Waals surface area contributed by atoms with Crippen molar-refractivity contribution in [1.82, 2.24) is 0 Å². The Morgan fingerprint density at radius 1 is 1.26 bits per heavy atom. The van der Waals surface area contributed by atoms with Gasteiger partial charge in [0.15, 0.2) is 5.78 Å². The van der Waals surface area contributed by atoms with Crippen molar-refractivity contribution in [2.75, 3.05) is 0 Å². The number of aryl methyl sites for hydroxylation is 1. The number of aromatic hydroxyl groups is 1. The number of epoxide rings is 1. The largest absolute Gasteiger partial charge is 0.507 e. The van der Waals surface area contributed by atoms with Crippen molar-refractivity contribution in [2.24, 2.45) is 5.92 Å². The molecule has 0 saturated carbocycles. The first-order valence-electron chi connectivity index (χ1n) is 9.34. The van der Waals surface area contributed by atoms with Gasteiger partial charge in [-0.05, 0) is 49.0 Å². The quantitative estimate of drug-likeness (QED) is 0.573. The Kier molecular flexibility index (Phi) is 5.92. The summed E-state index contributed by atoms with van der Waals surface area (Å²) in [5.41, 5.74) is 0.894. The lowest BCUT2D eigenvalue weighted by atomic mass is 9.96. The van der Waals surface area contributed by atoms with E-state index >= 15 is 0 Å². The zero-order valence-corrected chi connectivity index (χ0v) is 16.6. The van der Waals surface area contributed by atoms with Crippen LogP contribution in [-0.4, -0.2) is 35.2 Å². The van der Waals surface area contributed by atoms with Gasteiger partial charge in [0.2, 0.25) is 0 Å². The number of halogens is 1. The van der Waals surface area contributed by atoms with Crippen LogP contribution in [0.3, 0.4) is 0 Å². The van der Waals surface area contributed by atoms with E-state index in [9.17, 15) is 14.7 Å². The number of hydrogen-bond acceptors (Lipinski definition) is 5. The monoisotopic (exact) mass is 392 g/mol. The van der Waals surface area contributed by atoms with Crippen LogP contribution >= 0.6 is 11.6 Å². The van der Waals surface area contributed by atoms with E-state index in [1.165, 1.54) is 12.1 Å². The van der Waals surface area contributed by atoms with Crippen molar-refractivity contribution >= 4 is 23.4 Å². The molecule has 0 amide bonds. The molecule has 3 rings (SSSR count). The van der Waals surface area contributed by atoms with Crippen LogP contribution in [-0.2, 0) is 20.7 Å². The Labute approximate surface area is 164 Å². The maximum absolute atomic E-state index is 12.9.